The average molecular weight is 404 g/mol. The Morgan fingerprint density at radius 3 is 2.62 bits per heavy atom. The Balaban J connectivity index is 2.30. The molecule has 1 rings (SSSR count). The minimum atomic E-state index is -0.570. The van der Waals surface area contributed by atoms with Crippen molar-refractivity contribution in [2.45, 2.75) is 13.3 Å². The van der Waals surface area contributed by atoms with Gasteiger partial charge in [0.2, 0.25) is 5.91 Å². The van der Waals surface area contributed by atoms with Gasteiger partial charge in [-0.3, -0.25) is 9.59 Å². The Kier molecular flexibility index (Phi) is 7.73. The summed E-state index contributed by atoms with van der Waals surface area (Å²) in [4.78, 5) is 34.4. The van der Waals surface area contributed by atoms with E-state index < -0.39 is 18.5 Å². The van der Waals surface area contributed by atoms with Gasteiger partial charge >= 0.3 is 5.97 Å². The van der Waals surface area contributed by atoms with Crippen molar-refractivity contribution in [3.05, 3.63) is 33.4 Å². The lowest BCUT2D eigenvalue weighted by Crippen LogP contribution is -2.38. The number of carbonyl (C=O) groups is 3. The zero-order chi connectivity index (χ0) is 15.7. The van der Waals surface area contributed by atoms with E-state index in [2.05, 4.69) is 33.2 Å². The van der Waals surface area contributed by atoms with Crippen LogP contribution in [0.1, 0.15) is 23.7 Å². The van der Waals surface area contributed by atoms with Crippen LogP contribution < -0.4 is 10.6 Å². The molecule has 0 fully saturated rings. The van der Waals surface area contributed by atoms with Crippen molar-refractivity contribution in [3.63, 3.8) is 0 Å². The Bertz CT molecular complexity index is 519. The molecule has 1 aromatic rings. The highest BCUT2D eigenvalue weighted by atomic mass is 127. The standard InChI is InChI=1S/C14H17IN2O4/c1-2-6-16-12(18)8-17-13(19)9-21-14(20)10-4-3-5-11(15)7-10/h3-5,7H,2,6,8-9H2,1H3,(H,16,18)(H,17,19). The first-order valence-electron chi connectivity index (χ1n) is 6.49. The van der Waals surface area contributed by atoms with Crippen molar-refractivity contribution in [2.24, 2.45) is 0 Å². The summed E-state index contributed by atoms with van der Waals surface area (Å²) in [6.07, 6.45) is 0.827. The lowest BCUT2D eigenvalue weighted by molar-refractivity contribution is -0.127. The zero-order valence-electron chi connectivity index (χ0n) is 11.6. The van der Waals surface area contributed by atoms with E-state index in [0.717, 1.165) is 9.99 Å². The molecule has 0 atom stereocenters. The van der Waals surface area contributed by atoms with E-state index in [0.29, 0.717) is 12.1 Å². The number of halogens is 1. The van der Waals surface area contributed by atoms with Gasteiger partial charge in [0, 0.05) is 10.1 Å². The normalized spacial score (nSPS) is 9.81. The number of esters is 1. The van der Waals surface area contributed by atoms with Crippen LogP contribution in [0.25, 0.3) is 0 Å². The minimum Gasteiger partial charge on any atom is -0.452 e. The molecule has 2 amide bonds. The number of rotatable bonds is 7. The highest BCUT2D eigenvalue weighted by molar-refractivity contribution is 14.1. The Morgan fingerprint density at radius 1 is 1.19 bits per heavy atom. The molecule has 0 aliphatic heterocycles. The quantitative estimate of drug-likeness (QED) is 0.527. The van der Waals surface area contributed by atoms with Crippen molar-refractivity contribution in [1.82, 2.24) is 10.6 Å². The highest BCUT2D eigenvalue weighted by Crippen LogP contribution is 2.08. The minimum absolute atomic E-state index is 0.125. The third-order valence-electron chi connectivity index (χ3n) is 2.41. The van der Waals surface area contributed by atoms with Crippen molar-refractivity contribution in [1.29, 1.82) is 0 Å². The summed E-state index contributed by atoms with van der Waals surface area (Å²) in [5.41, 5.74) is 0.385. The topological polar surface area (TPSA) is 84.5 Å². The molecule has 0 aliphatic carbocycles. The van der Waals surface area contributed by atoms with Crippen LogP contribution in [-0.4, -0.2) is 37.5 Å². The molecule has 6 nitrogen and oxygen atoms in total. The van der Waals surface area contributed by atoms with Crippen LogP contribution in [0.3, 0.4) is 0 Å². The molecule has 114 valence electrons. The monoisotopic (exact) mass is 404 g/mol. The van der Waals surface area contributed by atoms with Crippen LogP contribution in [0.15, 0.2) is 24.3 Å². The van der Waals surface area contributed by atoms with E-state index in [1.807, 2.05) is 13.0 Å². The molecule has 0 saturated carbocycles. The van der Waals surface area contributed by atoms with Gasteiger partial charge < -0.3 is 15.4 Å². The van der Waals surface area contributed by atoms with Gasteiger partial charge in [-0.1, -0.05) is 13.0 Å². The summed E-state index contributed by atoms with van der Waals surface area (Å²) in [6.45, 7) is 1.96. The van der Waals surface area contributed by atoms with Gasteiger partial charge in [-0.25, -0.2) is 4.79 Å². The second-order valence-corrected chi connectivity index (χ2v) is 5.46. The maximum absolute atomic E-state index is 11.7. The van der Waals surface area contributed by atoms with Crippen LogP contribution in [0, 0.1) is 3.57 Å². The third kappa shape index (κ3) is 7.07. The van der Waals surface area contributed by atoms with Gasteiger partial charge in [0.1, 0.15) is 0 Å². The van der Waals surface area contributed by atoms with Crippen LogP contribution >= 0.6 is 22.6 Å². The Hall–Kier alpha value is -1.64. The second-order valence-electron chi connectivity index (χ2n) is 4.21. The number of hydrogen-bond acceptors (Lipinski definition) is 4. The number of ether oxygens (including phenoxy) is 1. The SMILES string of the molecule is CCCNC(=O)CNC(=O)COC(=O)c1cccc(I)c1. The average Bonchev–Trinajstić information content (AvgIpc) is 2.48. The van der Waals surface area contributed by atoms with Crippen molar-refractivity contribution in [2.75, 3.05) is 19.7 Å². The largest absolute Gasteiger partial charge is 0.452 e. The molecule has 0 spiro atoms. The van der Waals surface area contributed by atoms with Gasteiger partial charge in [0.15, 0.2) is 6.61 Å². The van der Waals surface area contributed by atoms with E-state index in [4.69, 9.17) is 4.74 Å². The summed E-state index contributed by atoms with van der Waals surface area (Å²) in [6, 6.07) is 6.86. The molecule has 2 N–H and O–H groups in total. The molecule has 0 aromatic heterocycles. The number of carbonyl (C=O) groups excluding carboxylic acids is 3. The van der Waals surface area contributed by atoms with Gasteiger partial charge in [-0.2, -0.15) is 0 Å². The van der Waals surface area contributed by atoms with Crippen LogP contribution in [0.2, 0.25) is 0 Å². The summed E-state index contributed by atoms with van der Waals surface area (Å²) in [5.74, 6) is -1.35. The predicted molar refractivity (Wildman–Crippen MR) is 85.8 cm³/mol. The van der Waals surface area contributed by atoms with E-state index >= 15 is 0 Å². The fourth-order valence-electron chi connectivity index (χ4n) is 1.39. The zero-order valence-corrected chi connectivity index (χ0v) is 13.8. The molecule has 21 heavy (non-hydrogen) atoms. The Morgan fingerprint density at radius 2 is 1.95 bits per heavy atom. The number of nitrogens with one attached hydrogen (secondary N) is 2. The summed E-state index contributed by atoms with van der Waals surface area (Å²) in [5, 5.41) is 5.00. The van der Waals surface area contributed by atoms with Crippen molar-refractivity contribution < 1.29 is 19.1 Å². The summed E-state index contributed by atoms with van der Waals surface area (Å²) < 4.78 is 5.77. The molecule has 1 aromatic carbocycles. The van der Waals surface area contributed by atoms with Gasteiger partial charge in [-0.05, 0) is 47.2 Å². The van der Waals surface area contributed by atoms with Crippen LogP contribution in [0.4, 0.5) is 0 Å². The second kappa shape index (κ2) is 9.32. The third-order valence-corrected chi connectivity index (χ3v) is 3.08. The fourth-order valence-corrected chi connectivity index (χ4v) is 1.93. The summed E-state index contributed by atoms with van der Waals surface area (Å²) >= 11 is 2.08. The lowest BCUT2D eigenvalue weighted by Gasteiger charge is -2.07. The fraction of sp³-hybridized carbons (Fsp3) is 0.357. The maximum Gasteiger partial charge on any atom is 0.338 e. The van der Waals surface area contributed by atoms with E-state index in [9.17, 15) is 14.4 Å². The van der Waals surface area contributed by atoms with Crippen molar-refractivity contribution >= 4 is 40.4 Å². The molecule has 0 saturated heterocycles. The van der Waals surface area contributed by atoms with Crippen molar-refractivity contribution in [3.8, 4) is 0 Å². The number of amides is 2. The molecule has 0 heterocycles. The number of benzene rings is 1. The van der Waals surface area contributed by atoms with E-state index in [1.54, 1.807) is 18.2 Å². The van der Waals surface area contributed by atoms with E-state index in [1.165, 1.54) is 0 Å². The van der Waals surface area contributed by atoms with Gasteiger partial charge in [-0.15, -0.1) is 0 Å². The molecule has 0 unspecified atom stereocenters. The highest BCUT2D eigenvalue weighted by Gasteiger charge is 2.11. The van der Waals surface area contributed by atoms with E-state index in [-0.39, 0.29) is 12.5 Å². The number of hydrogen-bond donors (Lipinski definition) is 2. The first-order valence-corrected chi connectivity index (χ1v) is 7.57. The first kappa shape index (κ1) is 17.4. The smallest absolute Gasteiger partial charge is 0.338 e. The first-order chi connectivity index (χ1) is 10.0. The van der Waals surface area contributed by atoms with Crippen LogP contribution in [-0.2, 0) is 14.3 Å². The molecule has 0 radical (unpaired) electrons. The Labute approximate surface area is 136 Å². The predicted octanol–water partition coefficient (Wildman–Crippen LogP) is 1.09. The lowest BCUT2D eigenvalue weighted by atomic mass is 10.2. The molecule has 0 aliphatic rings. The molecular weight excluding hydrogens is 387 g/mol. The van der Waals surface area contributed by atoms with Gasteiger partial charge in [0.25, 0.3) is 5.91 Å². The van der Waals surface area contributed by atoms with Crippen LogP contribution in [0.5, 0.6) is 0 Å². The molecule has 0 bridgehead atoms. The van der Waals surface area contributed by atoms with Gasteiger partial charge in [0.05, 0.1) is 12.1 Å². The molecule has 7 heteroatoms. The summed E-state index contributed by atoms with van der Waals surface area (Å²) in [7, 11) is 0. The maximum atomic E-state index is 11.7. The molecular formula is C14H17IN2O4.